The first kappa shape index (κ1) is 19.1. The molecule has 7 heteroatoms. The van der Waals surface area contributed by atoms with Gasteiger partial charge in [0.2, 0.25) is 5.91 Å². The van der Waals surface area contributed by atoms with Crippen molar-refractivity contribution in [3.63, 3.8) is 0 Å². The molecular formula is C18H18ClF3N2O. The van der Waals surface area contributed by atoms with Crippen molar-refractivity contribution < 1.29 is 18.0 Å². The third-order valence-electron chi connectivity index (χ3n) is 3.58. The Labute approximate surface area is 149 Å². The van der Waals surface area contributed by atoms with Crippen molar-refractivity contribution in [2.45, 2.75) is 25.9 Å². The van der Waals surface area contributed by atoms with E-state index < -0.39 is 17.6 Å². The minimum atomic E-state index is -4.61. The summed E-state index contributed by atoms with van der Waals surface area (Å²) in [6.07, 6.45) is -4.61. The van der Waals surface area contributed by atoms with E-state index in [1.54, 1.807) is 0 Å². The van der Waals surface area contributed by atoms with Crippen molar-refractivity contribution in [2.24, 2.45) is 0 Å². The molecule has 2 aromatic carbocycles. The maximum Gasteiger partial charge on any atom is 0.418 e. The molecule has 0 saturated heterocycles. The average molecular weight is 371 g/mol. The van der Waals surface area contributed by atoms with Crippen LogP contribution in [0.25, 0.3) is 0 Å². The number of anilines is 2. The Morgan fingerprint density at radius 1 is 1.12 bits per heavy atom. The Kier molecular flexibility index (Phi) is 5.95. The van der Waals surface area contributed by atoms with Gasteiger partial charge in [0.1, 0.15) is 0 Å². The van der Waals surface area contributed by atoms with Gasteiger partial charge in [-0.1, -0.05) is 43.6 Å². The highest BCUT2D eigenvalue weighted by molar-refractivity contribution is 6.30. The number of amides is 1. The molecule has 0 radical (unpaired) electrons. The van der Waals surface area contributed by atoms with Gasteiger partial charge < -0.3 is 10.6 Å². The molecule has 0 atom stereocenters. The largest absolute Gasteiger partial charge is 0.418 e. The summed E-state index contributed by atoms with van der Waals surface area (Å²) in [5.74, 6) is -0.328. The van der Waals surface area contributed by atoms with Gasteiger partial charge in [0.25, 0.3) is 0 Å². The van der Waals surface area contributed by atoms with Crippen molar-refractivity contribution in [3.05, 3.63) is 58.6 Å². The lowest BCUT2D eigenvalue weighted by atomic mass is 10.0. The fraction of sp³-hybridized carbons (Fsp3) is 0.278. The normalized spacial score (nSPS) is 11.5. The maximum atomic E-state index is 13.0. The Bertz CT molecular complexity index is 760. The quantitative estimate of drug-likeness (QED) is 0.726. The summed E-state index contributed by atoms with van der Waals surface area (Å²) in [6.45, 7) is 3.89. The summed E-state index contributed by atoms with van der Waals surface area (Å²) in [4.78, 5) is 12.1. The minimum Gasteiger partial charge on any atom is -0.376 e. The molecule has 0 aliphatic carbocycles. The fourth-order valence-electron chi connectivity index (χ4n) is 2.39. The van der Waals surface area contributed by atoms with Crippen LogP contribution >= 0.6 is 11.6 Å². The number of hydrogen-bond donors (Lipinski definition) is 2. The Morgan fingerprint density at radius 3 is 2.44 bits per heavy atom. The van der Waals surface area contributed by atoms with Crippen molar-refractivity contribution in [1.82, 2.24) is 0 Å². The molecule has 0 fully saturated rings. The van der Waals surface area contributed by atoms with Crippen molar-refractivity contribution in [1.29, 1.82) is 0 Å². The van der Waals surface area contributed by atoms with E-state index in [4.69, 9.17) is 11.6 Å². The van der Waals surface area contributed by atoms with E-state index in [1.165, 1.54) is 6.07 Å². The van der Waals surface area contributed by atoms with E-state index in [0.29, 0.717) is 0 Å². The molecule has 2 N–H and O–H groups in total. The molecule has 0 heterocycles. The van der Waals surface area contributed by atoms with Crippen LogP contribution in [0.1, 0.15) is 30.9 Å². The highest BCUT2D eigenvalue weighted by Gasteiger charge is 2.34. The third-order valence-corrected chi connectivity index (χ3v) is 3.82. The second-order valence-corrected chi connectivity index (χ2v) is 6.27. The highest BCUT2D eigenvalue weighted by atomic mass is 35.5. The minimum absolute atomic E-state index is 0.0469. The second kappa shape index (κ2) is 7.78. The van der Waals surface area contributed by atoms with Gasteiger partial charge in [-0.25, -0.2) is 0 Å². The number of alkyl halides is 3. The topological polar surface area (TPSA) is 41.1 Å². The maximum absolute atomic E-state index is 13.0. The number of rotatable bonds is 5. The molecule has 0 bridgehead atoms. The Hall–Kier alpha value is -2.21. The van der Waals surface area contributed by atoms with E-state index >= 15 is 0 Å². The SMILES string of the molecule is CC(C)c1ccccc1NCC(=O)Nc1ccc(Cl)cc1C(F)(F)F. The average Bonchev–Trinajstić information content (AvgIpc) is 2.54. The number of nitrogens with one attached hydrogen (secondary N) is 2. The zero-order valence-corrected chi connectivity index (χ0v) is 14.5. The number of halogens is 4. The lowest BCUT2D eigenvalue weighted by molar-refractivity contribution is -0.137. The van der Waals surface area contributed by atoms with Crippen LogP contribution in [-0.4, -0.2) is 12.5 Å². The summed E-state index contributed by atoms with van der Waals surface area (Å²) in [5.41, 5.74) is 0.509. The van der Waals surface area contributed by atoms with Gasteiger partial charge >= 0.3 is 6.18 Å². The molecule has 0 saturated carbocycles. The summed E-state index contributed by atoms with van der Waals surface area (Å²) < 4.78 is 39.1. The second-order valence-electron chi connectivity index (χ2n) is 5.83. The fourth-order valence-corrected chi connectivity index (χ4v) is 2.56. The Balaban J connectivity index is 2.10. The molecule has 0 aromatic heterocycles. The smallest absolute Gasteiger partial charge is 0.376 e. The van der Waals surface area contributed by atoms with E-state index in [2.05, 4.69) is 10.6 Å². The summed E-state index contributed by atoms with van der Waals surface area (Å²) in [5, 5.41) is 5.20. The monoisotopic (exact) mass is 370 g/mol. The molecular weight excluding hydrogens is 353 g/mol. The molecule has 3 nitrogen and oxygen atoms in total. The molecule has 1 amide bonds. The zero-order chi connectivity index (χ0) is 18.6. The molecule has 0 unspecified atom stereocenters. The van der Waals surface area contributed by atoms with Crippen LogP contribution in [0.15, 0.2) is 42.5 Å². The van der Waals surface area contributed by atoms with Crippen LogP contribution < -0.4 is 10.6 Å². The van der Waals surface area contributed by atoms with Gasteiger partial charge in [-0.3, -0.25) is 4.79 Å². The first-order valence-electron chi connectivity index (χ1n) is 7.68. The van der Waals surface area contributed by atoms with Crippen LogP contribution in [0.3, 0.4) is 0 Å². The molecule has 2 rings (SSSR count). The number of hydrogen-bond acceptors (Lipinski definition) is 2. The summed E-state index contributed by atoms with van der Waals surface area (Å²) >= 11 is 5.62. The predicted molar refractivity (Wildman–Crippen MR) is 94.1 cm³/mol. The Morgan fingerprint density at radius 2 is 1.80 bits per heavy atom. The van der Waals surface area contributed by atoms with Crippen LogP contribution in [0.2, 0.25) is 5.02 Å². The molecule has 0 aliphatic heterocycles. The first-order valence-corrected chi connectivity index (χ1v) is 8.05. The van der Waals surface area contributed by atoms with Gasteiger partial charge in [0.15, 0.2) is 0 Å². The van der Waals surface area contributed by atoms with Crippen molar-refractivity contribution in [2.75, 3.05) is 17.2 Å². The van der Waals surface area contributed by atoms with E-state index in [0.717, 1.165) is 23.4 Å². The predicted octanol–water partition coefficient (Wildman–Crippen LogP) is 5.53. The van der Waals surface area contributed by atoms with Crippen LogP contribution in [0, 0.1) is 0 Å². The van der Waals surface area contributed by atoms with Crippen LogP contribution in [0.5, 0.6) is 0 Å². The highest BCUT2D eigenvalue weighted by Crippen LogP contribution is 2.36. The zero-order valence-electron chi connectivity index (χ0n) is 13.7. The first-order chi connectivity index (χ1) is 11.7. The van der Waals surface area contributed by atoms with Gasteiger partial charge in [0, 0.05) is 10.7 Å². The third kappa shape index (κ3) is 5.13. The van der Waals surface area contributed by atoms with Gasteiger partial charge in [-0.2, -0.15) is 13.2 Å². The van der Waals surface area contributed by atoms with Crippen LogP contribution in [0.4, 0.5) is 24.5 Å². The van der Waals surface area contributed by atoms with Crippen LogP contribution in [-0.2, 0) is 11.0 Å². The lowest BCUT2D eigenvalue weighted by Gasteiger charge is -2.16. The summed E-state index contributed by atoms with van der Waals surface area (Å²) in [7, 11) is 0. The number of benzene rings is 2. The number of carbonyl (C=O) groups is 1. The van der Waals surface area contributed by atoms with E-state index in [9.17, 15) is 18.0 Å². The van der Waals surface area contributed by atoms with Crippen molar-refractivity contribution >= 4 is 28.9 Å². The van der Waals surface area contributed by atoms with Gasteiger partial charge in [-0.15, -0.1) is 0 Å². The van der Waals surface area contributed by atoms with Gasteiger partial charge in [-0.05, 0) is 35.7 Å². The standard InChI is InChI=1S/C18H18ClF3N2O/c1-11(2)13-5-3-4-6-15(13)23-10-17(25)24-16-8-7-12(19)9-14(16)18(20,21)22/h3-9,11,23H,10H2,1-2H3,(H,24,25). The summed E-state index contributed by atoms with van der Waals surface area (Å²) in [6, 6.07) is 10.7. The van der Waals surface area contributed by atoms with Crippen molar-refractivity contribution in [3.8, 4) is 0 Å². The molecule has 134 valence electrons. The van der Waals surface area contributed by atoms with E-state index in [1.807, 2.05) is 38.1 Å². The van der Waals surface area contributed by atoms with E-state index in [-0.39, 0.29) is 23.2 Å². The molecule has 25 heavy (non-hydrogen) atoms. The number of para-hydroxylation sites is 1. The van der Waals surface area contributed by atoms with Gasteiger partial charge in [0.05, 0.1) is 17.8 Å². The molecule has 2 aromatic rings. The number of carbonyl (C=O) groups excluding carboxylic acids is 1. The lowest BCUT2D eigenvalue weighted by Crippen LogP contribution is -2.24. The molecule has 0 aliphatic rings. The molecule has 0 spiro atoms.